The number of aromatic nitrogens is 1. The van der Waals surface area contributed by atoms with Crippen LogP contribution in [0.4, 0.5) is 0 Å². The fraction of sp³-hybridized carbons (Fsp3) is 0.778. The van der Waals surface area contributed by atoms with Gasteiger partial charge in [-0.05, 0) is 51.6 Å². The molecular weight excluding hydrogens is 322 g/mol. The molecule has 2 fully saturated rings. The Bertz CT molecular complexity index is 534. The molecule has 0 radical (unpaired) electrons. The van der Waals surface area contributed by atoms with Gasteiger partial charge in [0, 0.05) is 38.5 Å². The number of methoxy groups -OCH3 is 1. The van der Waals surface area contributed by atoms with E-state index >= 15 is 0 Å². The van der Waals surface area contributed by atoms with Crippen LogP contribution in [0.15, 0.2) is 5.38 Å². The molecule has 0 bridgehead atoms. The first kappa shape index (κ1) is 17.8. The highest BCUT2D eigenvalue weighted by molar-refractivity contribution is 7.09. The number of piperidine rings is 1. The molecule has 2 saturated heterocycles. The van der Waals surface area contributed by atoms with Crippen molar-refractivity contribution in [2.45, 2.75) is 51.7 Å². The largest absolute Gasteiger partial charge is 0.375 e. The molecule has 5 nitrogen and oxygen atoms in total. The molecule has 0 unspecified atom stereocenters. The van der Waals surface area contributed by atoms with E-state index in [9.17, 15) is 4.79 Å². The molecular formula is C18H29N3O2S. The van der Waals surface area contributed by atoms with Gasteiger partial charge in [-0.25, -0.2) is 4.98 Å². The lowest BCUT2D eigenvalue weighted by molar-refractivity contribution is -0.131. The van der Waals surface area contributed by atoms with Crippen molar-refractivity contribution in [1.82, 2.24) is 14.8 Å². The minimum Gasteiger partial charge on any atom is -0.375 e. The van der Waals surface area contributed by atoms with Gasteiger partial charge >= 0.3 is 0 Å². The molecule has 0 aliphatic carbocycles. The number of hydrogen-bond acceptors (Lipinski definition) is 5. The van der Waals surface area contributed by atoms with Gasteiger partial charge in [-0.1, -0.05) is 0 Å². The molecule has 1 amide bonds. The van der Waals surface area contributed by atoms with E-state index < -0.39 is 0 Å². The number of nitrogens with zero attached hydrogens (tertiary/aromatic N) is 3. The molecule has 3 rings (SSSR count). The van der Waals surface area contributed by atoms with Gasteiger partial charge in [0.2, 0.25) is 5.91 Å². The molecule has 1 aromatic heterocycles. The van der Waals surface area contributed by atoms with E-state index in [-0.39, 0.29) is 6.10 Å². The maximum Gasteiger partial charge on any atom is 0.222 e. The van der Waals surface area contributed by atoms with E-state index in [2.05, 4.69) is 20.2 Å². The summed E-state index contributed by atoms with van der Waals surface area (Å²) >= 11 is 1.68. The monoisotopic (exact) mass is 351 g/mol. The van der Waals surface area contributed by atoms with Gasteiger partial charge in [-0.3, -0.25) is 9.69 Å². The minimum atomic E-state index is 0.0751. The lowest BCUT2D eigenvalue weighted by Crippen LogP contribution is -2.36. The Morgan fingerprint density at radius 1 is 1.33 bits per heavy atom. The minimum absolute atomic E-state index is 0.0751. The van der Waals surface area contributed by atoms with E-state index in [0.29, 0.717) is 11.8 Å². The van der Waals surface area contributed by atoms with E-state index in [4.69, 9.17) is 4.74 Å². The van der Waals surface area contributed by atoms with Crippen LogP contribution in [-0.4, -0.2) is 54.0 Å². The first-order chi connectivity index (χ1) is 11.7. The van der Waals surface area contributed by atoms with Crippen molar-refractivity contribution in [3.05, 3.63) is 16.1 Å². The molecule has 24 heavy (non-hydrogen) atoms. The van der Waals surface area contributed by atoms with Crippen LogP contribution in [0.3, 0.4) is 0 Å². The summed E-state index contributed by atoms with van der Waals surface area (Å²) in [6.07, 6.45) is 5.45. The second kappa shape index (κ2) is 8.41. The predicted molar refractivity (Wildman–Crippen MR) is 96.0 cm³/mol. The Balaban J connectivity index is 1.41. The molecule has 2 aliphatic rings. The van der Waals surface area contributed by atoms with Crippen LogP contribution in [0.1, 0.15) is 55.8 Å². The first-order valence-electron chi connectivity index (χ1n) is 9.13. The molecule has 0 aromatic carbocycles. The molecule has 1 atom stereocenters. The third-order valence-electron chi connectivity index (χ3n) is 5.29. The number of ether oxygens (including phenoxy) is 1. The van der Waals surface area contributed by atoms with Crippen LogP contribution >= 0.6 is 11.3 Å². The predicted octanol–water partition coefficient (Wildman–Crippen LogP) is 3.08. The van der Waals surface area contributed by atoms with Gasteiger partial charge in [-0.15, -0.1) is 11.3 Å². The smallest absolute Gasteiger partial charge is 0.222 e. The Morgan fingerprint density at radius 3 is 2.71 bits per heavy atom. The van der Waals surface area contributed by atoms with Gasteiger partial charge in [-0.2, -0.15) is 0 Å². The normalized spacial score (nSPS) is 21.3. The summed E-state index contributed by atoms with van der Waals surface area (Å²) < 4.78 is 5.33. The number of thiazole rings is 1. The molecule has 6 heteroatoms. The summed E-state index contributed by atoms with van der Waals surface area (Å²) in [4.78, 5) is 21.5. The second-order valence-corrected chi connectivity index (χ2v) is 7.96. The summed E-state index contributed by atoms with van der Waals surface area (Å²) in [6.45, 7) is 7.05. The number of carbonyl (C=O) groups excluding carboxylic acids is 1. The average Bonchev–Trinajstić information content (AvgIpc) is 3.27. The van der Waals surface area contributed by atoms with E-state index in [1.54, 1.807) is 18.4 Å². The van der Waals surface area contributed by atoms with Crippen molar-refractivity contribution in [1.29, 1.82) is 0 Å². The highest BCUT2D eigenvalue weighted by Crippen LogP contribution is 2.25. The zero-order valence-corrected chi connectivity index (χ0v) is 15.7. The zero-order valence-electron chi connectivity index (χ0n) is 14.9. The van der Waals surface area contributed by atoms with Gasteiger partial charge in [0.15, 0.2) is 0 Å². The highest BCUT2D eigenvalue weighted by atomic mass is 32.1. The van der Waals surface area contributed by atoms with Gasteiger partial charge in [0.25, 0.3) is 0 Å². The van der Waals surface area contributed by atoms with Crippen LogP contribution in [-0.2, 0) is 16.1 Å². The number of carbonyl (C=O) groups is 1. The Morgan fingerprint density at radius 2 is 2.04 bits per heavy atom. The van der Waals surface area contributed by atoms with Crippen molar-refractivity contribution in [2.24, 2.45) is 5.92 Å². The van der Waals surface area contributed by atoms with Crippen molar-refractivity contribution in [3.63, 3.8) is 0 Å². The van der Waals surface area contributed by atoms with Crippen LogP contribution in [0.2, 0.25) is 0 Å². The van der Waals surface area contributed by atoms with Crippen LogP contribution in [0.25, 0.3) is 0 Å². The number of hydrogen-bond donors (Lipinski definition) is 0. The van der Waals surface area contributed by atoms with E-state index in [1.165, 1.54) is 12.8 Å². The maximum absolute atomic E-state index is 12.3. The third kappa shape index (κ3) is 4.55. The van der Waals surface area contributed by atoms with Crippen molar-refractivity contribution >= 4 is 17.2 Å². The van der Waals surface area contributed by atoms with Crippen LogP contribution in [0, 0.1) is 5.92 Å². The number of amides is 1. The molecule has 3 heterocycles. The van der Waals surface area contributed by atoms with Crippen LogP contribution in [0.5, 0.6) is 0 Å². The molecule has 1 aromatic rings. The Labute approximate surface area is 149 Å². The summed E-state index contributed by atoms with van der Waals surface area (Å²) in [6, 6.07) is 0. The molecule has 0 saturated carbocycles. The third-order valence-corrected chi connectivity index (χ3v) is 6.34. The number of likely N-dealkylation sites (tertiary alicyclic amines) is 2. The lowest BCUT2D eigenvalue weighted by Gasteiger charge is -2.32. The van der Waals surface area contributed by atoms with Crippen molar-refractivity contribution in [2.75, 3.05) is 33.3 Å². The first-order valence-corrected chi connectivity index (χ1v) is 10.0. The fourth-order valence-corrected chi connectivity index (χ4v) is 4.45. The van der Waals surface area contributed by atoms with E-state index in [0.717, 1.165) is 62.7 Å². The van der Waals surface area contributed by atoms with Gasteiger partial charge < -0.3 is 9.64 Å². The average molecular weight is 352 g/mol. The Hall–Kier alpha value is -0.980. The Kier molecular flexibility index (Phi) is 6.25. The summed E-state index contributed by atoms with van der Waals surface area (Å²) in [5.74, 6) is 0.942. The zero-order chi connectivity index (χ0) is 16.9. The topological polar surface area (TPSA) is 45.7 Å². The highest BCUT2D eigenvalue weighted by Gasteiger charge is 2.25. The summed E-state index contributed by atoms with van der Waals surface area (Å²) in [5.41, 5.74) is 1.14. The quantitative estimate of drug-likeness (QED) is 0.790. The number of rotatable bonds is 6. The van der Waals surface area contributed by atoms with Crippen molar-refractivity contribution < 1.29 is 9.53 Å². The second-order valence-electron chi connectivity index (χ2n) is 7.07. The molecule has 0 N–H and O–H groups in total. The summed E-state index contributed by atoms with van der Waals surface area (Å²) in [5, 5.41) is 3.20. The SMILES string of the molecule is CO[C@H](C)c1nc(CN2CCC(CC(=O)N3CCCC3)CC2)cs1. The molecule has 0 spiro atoms. The van der Waals surface area contributed by atoms with Gasteiger partial charge in [0.05, 0.1) is 5.69 Å². The van der Waals surface area contributed by atoms with Crippen molar-refractivity contribution in [3.8, 4) is 0 Å². The van der Waals surface area contributed by atoms with E-state index in [1.807, 2.05) is 6.92 Å². The lowest BCUT2D eigenvalue weighted by atomic mass is 9.93. The molecule has 2 aliphatic heterocycles. The van der Waals surface area contributed by atoms with Crippen LogP contribution < -0.4 is 0 Å². The maximum atomic E-state index is 12.3. The van der Waals surface area contributed by atoms with Gasteiger partial charge in [0.1, 0.15) is 11.1 Å². The standard InChI is InChI=1S/C18H29N3O2S/c1-14(23-2)18-19-16(13-24-18)12-20-9-5-15(6-10-20)11-17(22)21-7-3-4-8-21/h13-15H,3-12H2,1-2H3/t14-/m1/s1. The molecule has 134 valence electrons. The summed E-state index contributed by atoms with van der Waals surface area (Å²) in [7, 11) is 1.72. The fourth-order valence-electron chi connectivity index (χ4n) is 3.60.